The predicted octanol–water partition coefficient (Wildman–Crippen LogP) is 27.8. The van der Waals surface area contributed by atoms with Gasteiger partial charge in [-0.3, -0.25) is 13.2 Å². The lowest BCUT2D eigenvalue weighted by atomic mass is 9.97. The van der Waals surface area contributed by atoms with E-state index in [2.05, 4.69) is 268 Å². The summed E-state index contributed by atoms with van der Waals surface area (Å²) in [5.41, 5.74) is 18.3. The van der Waals surface area contributed by atoms with Gasteiger partial charge in [0.05, 0.1) is 49.7 Å². The summed E-state index contributed by atoms with van der Waals surface area (Å²) in [6.45, 7) is 0. The molecule has 135 heavy (non-hydrogen) atoms. The molecule has 0 unspecified atom stereocenters. The highest BCUT2D eigenvalue weighted by molar-refractivity contribution is 7.87. The highest BCUT2D eigenvalue weighted by atomic mass is 31.2. The second kappa shape index (κ2) is 32.8. The molecule has 0 saturated heterocycles. The zero-order valence-electron chi connectivity index (χ0n) is 73.0. The molecular weight excluding hydrogens is 1700 g/mol. The number of hydrogen-bond acceptors (Lipinski definition) is 6. The third kappa shape index (κ3) is 13.1. The lowest BCUT2D eigenvalue weighted by Gasteiger charge is -2.25. The molecule has 0 spiro atoms. The quantitative estimate of drug-likeness (QED) is 0.0892. The van der Waals surface area contributed by atoms with Crippen molar-refractivity contribution >= 4 is 217 Å². The minimum absolute atomic E-state index is 0.823. The summed E-state index contributed by atoms with van der Waals surface area (Å²) in [6.07, 6.45) is 0. The van der Waals surface area contributed by atoms with Gasteiger partial charge in [0.2, 0.25) is 0 Å². The van der Waals surface area contributed by atoms with Crippen LogP contribution in [-0.4, -0.2) is 28.2 Å². The second-order valence-corrected chi connectivity index (χ2v) is 42.6. The Labute approximate surface area is 777 Å². The fraction of sp³-hybridized carbons (Fsp3) is 0. The smallest absolute Gasteiger partial charge is 0.172 e. The molecule has 27 rings (SSSR count). The fourth-order valence-corrected chi connectivity index (χ4v) is 30.2. The summed E-state index contributed by atoms with van der Waals surface area (Å²) in [7, 11) is -9.94. The molecule has 9 nitrogen and oxygen atoms in total. The molecule has 0 aliphatic heterocycles. The molecule has 0 atom stereocenters. The van der Waals surface area contributed by atoms with E-state index in [9.17, 15) is 0 Å². The van der Waals surface area contributed by atoms with Gasteiger partial charge in [-0.1, -0.05) is 419 Å². The number of fused-ring (bicyclic) bond motifs is 27. The van der Waals surface area contributed by atoms with Gasteiger partial charge in [-0.25, -0.2) is 15.0 Å². The van der Waals surface area contributed by atoms with Crippen molar-refractivity contribution in [2.45, 2.75) is 0 Å². The van der Waals surface area contributed by atoms with E-state index < -0.39 is 21.4 Å². The van der Waals surface area contributed by atoms with Crippen LogP contribution in [0.3, 0.4) is 0 Å². The highest BCUT2D eigenvalue weighted by Gasteiger charge is 2.38. The van der Waals surface area contributed by atoms with Gasteiger partial charge in [-0.05, 0) is 155 Å². The van der Waals surface area contributed by atoms with Gasteiger partial charge in [-0.15, -0.1) is 0 Å². The molecule has 636 valence electrons. The first-order chi connectivity index (χ1) is 66.6. The molecule has 12 heteroatoms. The average molecular weight is 1780 g/mol. The van der Waals surface area contributed by atoms with Crippen LogP contribution in [0.2, 0.25) is 0 Å². The third-order valence-electron chi connectivity index (χ3n) is 27.1. The summed E-state index contributed by atoms with van der Waals surface area (Å²) in [5.74, 6) is 0. The SMILES string of the molecule is O=P(c1ccccc1)(c1ccccc1)c1c(-c2ccc3c(c2)c2ccccc2c2nc4ccccc4n32)ccc2ccccc12.O=P(c1ccccc1)(c1ccccc1)c1c(-c2ccc3c(c2)c2ccccc2n2c4ccccc4nc32)ccc2ccccc12.O=P(c1ccccc1)(c1ccccc1)c1c(-c2ccc3c4ccccc4c4nc5ccccc5n4c3c2)ccc2ccccc12. The Balaban J connectivity index is 0.000000108. The Bertz CT molecular complexity index is 9490. The topological polar surface area (TPSA) is 103 Å². The van der Waals surface area contributed by atoms with Crippen LogP contribution in [0.4, 0.5) is 0 Å². The van der Waals surface area contributed by atoms with Crippen LogP contribution in [0.1, 0.15) is 0 Å². The predicted molar refractivity (Wildman–Crippen MR) is 570 cm³/mol. The Kier molecular flexibility index (Phi) is 19.6. The molecule has 0 aliphatic carbocycles. The number of rotatable bonds is 12. The Morgan fingerprint density at radius 3 is 0.778 bits per heavy atom. The zero-order chi connectivity index (χ0) is 89.9. The van der Waals surface area contributed by atoms with E-state index in [0.29, 0.717) is 0 Å². The van der Waals surface area contributed by atoms with Gasteiger partial charge in [0.1, 0.15) is 16.9 Å². The van der Waals surface area contributed by atoms with E-state index in [1.165, 1.54) is 5.39 Å². The van der Waals surface area contributed by atoms with E-state index in [4.69, 9.17) is 15.0 Å². The summed E-state index contributed by atoms with van der Waals surface area (Å²) in [6, 6.07) is 168. The molecule has 0 fully saturated rings. The van der Waals surface area contributed by atoms with Gasteiger partial charge in [0.25, 0.3) is 0 Å². The van der Waals surface area contributed by atoms with Gasteiger partial charge < -0.3 is 13.7 Å². The maximum atomic E-state index is 16.0. The number of nitrogens with zero attached hydrogens (tertiary/aromatic N) is 6. The minimum Gasteiger partial charge on any atom is -0.309 e. The first kappa shape index (κ1) is 80.6. The molecule has 0 saturated carbocycles. The molecule has 0 bridgehead atoms. The Morgan fingerprint density at radius 1 is 0.163 bits per heavy atom. The third-order valence-corrected chi connectivity index (χ3v) is 36.6. The van der Waals surface area contributed by atoms with Crippen LogP contribution in [0.15, 0.2) is 491 Å². The number of para-hydroxylation sites is 7. The number of benzene rings is 21. The van der Waals surface area contributed by atoms with Crippen molar-refractivity contribution in [1.29, 1.82) is 0 Å². The Hall–Kier alpha value is -16.5. The molecule has 21 aromatic carbocycles. The normalized spacial score (nSPS) is 12.1. The molecule has 27 aromatic rings. The summed E-state index contributed by atoms with van der Waals surface area (Å²) in [4.78, 5) is 15.2. The number of pyridine rings is 3. The maximum absolute atomic E-state index is 16.0. The molecule has 0 aliphatic rings. The van der Waals surface area contributed by atoms with Crippen molar-refractivity contribution < 1.29 is 13.7 Å². The number of imidazole rings is 3. The standard InChI is InChI=1S/3C41H27N2OP/c44-45(30-14-3-1-4-15-30,31-16-5-2-6-17-31)40-32-18-8-7-13-28(32)23-25-33(40)29-24-26-35-36(27-29)34-19-9-11-21-38(34)43-39-22-12-10-20-37(39)42-41(35)43;44-45(30-14-3-1-4-15-30,31-16-5-2-6-17-31)40-32-18-8-7-13-28(32)23-25-33(40)29-24-26-35-34-19-9-10-20-36(34)41-42-37-21-11-12-22-38(37)43(41)39(35)27-29;44-45(30-14-3-1-4-15-30,31-16-5-2-6-17-31)40-32-18-8-7-13-28(32)23-25-33(40)29-24-26-38-36(27-29)34-19-9-10-20-35(34)41-42-37-21-11-12-22-39(37)43(38)41/h3*1-27H. The van der Waals surface area contributed by atoms with E-state index in [1.807, 2.05) is 237 Å². The van der Waals surface area contributed by atoms with E-state index in [-0.39, 0.29) is 0 Å². The molecule has 6 heterocycles. The van der Waals surface area contributed by atoms with Crippen molar-refractivity contribution in [3.8, 4) is 33.4 Å². The van der Waals surface area contributed by atoms with Gasteiger partial charge in [-0.2, -0.15) is 0 Å². The van der Waals surface area contributed by atoms with E-state index in [0.717, 1.165) is 223 Å². The molecular formula is C123H81N6O3P3. The summed E-state index contributed by atoms with van der Waals surface area (Å²) in [5, 5.41) is 24.0. The maximum Gasteiger partial charge on any atom is 0.172 e. The minimum atomic E-state index is -3.32. The van der Waals surface area contributed by atoms with Gasteiger partial charge in [0.15, 0.2) is 21.4 Å². The lowest BCUT2D eigenvalue weighted by molar-refractivity contribution is 0.592. The first-order valence-corrected chi connectivity index (χ1v) is 50.6. The zero-order valence-corrected chi connectivity index (χ0v) is 75.7. The fourth-order valence-electron chi connectivity index (χ4n) is 21.0. The largest absolute Gasteiger partial charge is 0.309 e. The summed E-state index contributed by atoms with van der Waals surface area (Å²) < 4.78 is 54.8. The first-order valence-electron chi connectivity index (χ1n) is 45.5. The van der Waals surface area contributed by atoms with Crippen molar-refractivity contribution in [1.82, 2.24) is 28.2 Å². The lowest BCUT2D eigenvalue weighted by Crippen LogP contribution is -2.27. The van der Waals surface area contributed by atoms with Gasteiger partial charge in [0, 0.05) is 80.1 Å². The molecule has 0 amide bonds. The van der Waals surface area contributed by atoms with Crippen LogP contribution in [0, 0.1) is 0 Å². The summed E-state index contributed by atoms with van der Waals surface area (Å²) >= 11 is 0. The van der Waals surface area contributed by atoms with E-state index >= 15 is 13.7 Å². The monoisotopic (exact) mass is 1780 g/mol. The van der Waals surface area contributed by atoms with Crippen molar-refractivity contribution in [3.05, 3.63) is 491 Å². The van der Waals surface area contributed by atoms with E-state index in [1.54, 1.807) is 0 Å². The van der Waals surface area contributed by atoms with Crippen LogP contribution in [0.25, 0.3) is 181 Å². The highest BCUT2D eigenvalue weighted by Crippen LogP contribution is 2.53. The van der Waals surface area contributed by atoms with Crippen LogP contribution in [0.5, 0.6) is 0 Å². The van der Waals surface area contributed by atoms with Crippen LogP contribution < -0.4 is 47.7 Å². The average Bonchev–Trinajstić information content (AvgIpc) is 1.70. The van der Waals surface area contributed by atoms with Crippen LogP contribution in [-0.2, 0) is 13.7 Å². The van der Waals surface area contributed by atoms with Crippen molar-refractivity contribution in [3.63, 3.8) is 0 Å². The van der Waals surface area contributed by atoms with Gasteiger partial charge >= 0.3 is 0 Å². The van der Waals surface area contributed by atoms with Crippen molar-refractivity contribution in [2.24, 2.45) is 0 Å². The molecule has 0 N–H and O–H groups in total. The van der Waals surface area contributed by atoms with Crippen molar-refractivity contribution in [2.75, 3.05) is 0 Å². The molecule has 6 aromatic heterocycles. The second-order valence-electron chi connectivity index (χ2n) is 34.5. The Morgan fingerprint density at radius 2 is 0.407 bits per heavy atom. The van der Waals surface area contributed by atoms with Crippen LogP contribution >= 0.6 is 21.4 Å². The molecule has 0 radical (unpaired) electrons. The number of aromatic nitrogens is 6. The number of hydrogen-bond donors (Lipinski definition) is 0.